The van der Waals surface area contributed by atoms with Crippen molar-refractivity contribution >= 4 is 0 Å². The highest BCUT2D eigenvalue weighted by Gasteiger charge is 1.96. The Kier molecular flexibility index (Phi) is 8.73. The van der Waals surface area contributed by atoms with Crippen molar-refractivity contribution in [2.45, 2.75) is 26.9 Å². The van der Waals surface area contributed by atoms with Crippen molar-refractivity contribution in [3.05, 3.63) is 35.4 Å². The van der Waals surface area contributed by atoms with E-state index in [1.807, 2.05) is 24.3 Å². The van der Waals surface area contributed by atoms with Crippen molar-refractivity contribution in [1.82, 2.24) is 0 Å². The largest absolute Gasteiger partial charge is 0.395 e. The van der Waals surface area contributed by atoms with E-state index in [4.69, 9.17) is 14.6 Å². The number of hydrogen-bond acceptors (Lipinski definition) is 3. The van der Waals surface area contributed by atoms with E-state index in [2.05, 4.69) is 25.7 Å². The predicted octanol–water partition coefficient (Wildman–Crippen LogP) is 2.61. The summed E-state index contributed by atoms with van der Waals surface area (Å²) in [5, 5.41) is 8.65. The van der Waals surface area contributed by atoms with Gasteiger partial charge in [-0.3, -0.25) is 0 Å². The molecule has 0 fully saturated rings. The van der Waals surface area contributed by atoms with Gasteiger partial charge in [0.05, 0.1) is 26.4 Å². The molecule has 0 aliphatic heterocycles. The van der Waals surface area contributed by atoms with E-state index in [1.165, 1.54) is 0 Å². The Bertz CT molecular complexity index is 412. The molecule has 0 radical (unpaired) electrons. The maximum Gasteiger partial charge on any atom is 0.0718 e. The first-order chi connectivity index (χ1) is 9.72. The molecule has 0 saturated heterocycles. The minimum absolute atomic E-state index is 0.109. The summed E-state index contributed by atoms with van der Waals surface area (Å²) >= 11 is 0. The first kappa shape index (κ1) is 16.7. The Morgan fingerprint density at radius 1 is 1.10 bits per heavy atom. The zero-order valence-corrected chi connectivity index (χ0v) is 12.4. The third-order valence-corrected chi connectivity index (χ3v) is 2.52. The van der Waals surface area contributed by atoms with Gasteiger partial charge in [-0.1, -0.05) is 37.8 Å². The lowest BCUT2D eigenvalue weighted by Crippen LogP contribution is -2.08. The zero-order chi connectivity index (χ0) is 14.6. The second-order valence-electron chi connectivity index (χ2n) is 4.99. The van der Waals surface area contributed by atoms with Gasteiger partial charge in [0.1, 0.15) is 0 Å². The topological polar surface area (TPSA) is 38.7 Å². The van der Waals surface area contributed by atoms with Crippen molar-refractivity contribution in [1.29, 1.82) is 0 Å². The van der Waals surface area contributed by atoms with Crippen LogP contribution in [0, 0.1) is 17.8 Å². The predicted molar refractivity (Wildman–Crippen MR) is 80.3 cm³/mol. The molecule has 0 bridgehead atoms. The van der Waals surface area contributed by atoms with E-state index >= 15 is 0 Å². The van der Waals surface area contributed by atoms with Crippen molar-refractivity contribution in [2.75, 3.05) is 26.4 Å². The normalized spacial score (nSPS) is 10.4. The lowest BCUT2D eigenvalue weighted by molar-refractivity contribution is 0.0314. The standard InChI is InChI=1S/C17H24O3/c1-15(2)13-19-11-12-20-14-17-8-6-16(7-9-17)5-3-4-10-18/h6-9,15,18H,4,10-14H2,1-2H3. The fraction of sp³-hybridized carbons (Fsp3) is 0.529. The van der Waals surface area contributed by atoms with Gasteiger partial charge in [-0.2, -0.15) is 0 Å². The number of rotatable bonds is 8. The van der Waals surface area contributed by atoms with Gasteiger partial charge in [0, 0.05) is 18.6 Å². The molecular formula is C17H24O3. The molecule has 0 aliphatic rings. The van der Waals surface area contributed by atoms with Crippen molar-refractivity contribution in [2.24, 2.45) is 5.92 Å². The molecule has 0 heterocycles. The Labute approximate surface area is 121 Å². The van der Waals surface area contributed by atoms with Crippen LogP contribution in [-0.4, -0.2) is 31.5 Å². The number of ether oxygens (including phenoxy) is 2. The van der Waals surface area contributed by atoms with Crippen LogP contribution >= 0.6 is 0 Å². The van der Waals surface area contributed by atoms with E-state index in [-0.39, 0.29) is 6.61 Å². The van der Waals surface area contributed by atoms with Gasteiger partial charge in [0.2, 0.25) is 0 Å². The molecule has 0 saturated carbocycles. The fourth-order valence-electron chi connectivity index (χ4n) is 1.53. The highest BCUT2D eigenvalue weighted by molar-refractivity contribution is 5.35. The van der Waals surface area contributed by atoms with Crippen LogP contribution in [0.2, 0.25) is 0 Å². The van der Waals surface area contributed by atoms with E-state index in [9.17, 15) is 0 Å². The summed E-state index contributed by atoms with van der Waals surface area (Å²) in [6.45, 7) is 7.00. The van der Waals surface area contributed by atoms with Gasteiger partial charge in [-0.05, 0) is 23.6 Å². The first-order valence-corrected chi connectivity index (χ1v) is 7.06. The van der Waals surface area contributed by atoms with Crippen LogP contribution in [0.4, 0.5) is 0 Å². The van der Waals surface area contributed by atoms with E-state index in [0.717, 1.165) is 17.7 Å². The molecule has 1 aromatic rings. The van der Waals surface area contributed by atoms with Crippen molar-refractivity contribution in [3.63, 3.8) is 0 Å². The zero-order valence-electron chi connectivity index (χ0n) is 12.4. The molecular weight excluding hydrogens is 252 g/mol. The van der Waals surface area contributed by atoms with Crippen LogP contribution in [0.3, 0.4) is 0 Å². The average Bonchev–Trinajstić information content (AvgIpc) is 2.44. The molecule has 0 spiro atoms. The van der Waals surface area contributed by atoms with E-state index in [1.54, 1.807) is 0 Å². The summed E-state index contributed by atoms with van der Waals surface area (Å²) in [6.07, 6.45) is 0.515. The van der Waals surface area contributed by atoms with Crippen LogP contribution in [-0.2, 0) is 16.1 Å². The minimum Gasteiger partial charge on any atom is -0.395 e. The van der Waals surface area contributed by atoms with Gasteiger partial charge >= 0.3 is 0 Å². The van der Waals surface area contributed by atoms with Crippen LogP contribution in [0.1, 0.15) is 31.4 Å². The molecule has 3 nitrogen and oxygen atoms in total. The number of aliphatic hydroxyl groups is 1. The Morgan fingerprint density at radius 3 is 2.45 bits per heavy atom. The molecule has 0 atom stereocenters. The van der Waals surface area contributed by atoms with Crippen LogP contribution < -0.4 is 0 Å². The Balaban J connectivity index is 2.20. The smallest absolute Gasteiger partial charge is 0.0718 e. The first-order valence-electron chi connectivity index (χ1n) is 7.06. The Hall–Kier alpha value is -1.34. The van der Waals surface area contributed by atoms with Gasteiger partial charge in [0.25, 0.3) is 0 Å². The number of aliphatic hydroxyl groups excluding tert-OH is 1. The average molecular weight is 276 g/mol. The van der Waals surface area contributed by atoms with Crippen molar-refractivity contribution in [3.8, 4) is 11.8 Å². The highest BCUT2D eigenvalue weighted by Crippen LogP contribution is 2.05. The van der Waals surface area contributed by atoms with E-state index in [0.29, 0.717) is 32.2 Å². The summed E-state index contributed by atoms with van der Waals surface area (Å²) in [7, 11) is 0. The maximum atomic E-state index is 8.65. The molecule has 110 valence electrons. The molecule has 20 heavy (non-hydrogen) atoms. The summed E-state index contributed by atoms with van der Waals surface area (Å²) in [4.78, 5) is 0. The molecule has 0 aliphatic carbocycles. The number of hydrogen-bond donors (Lipinski definition) is 1. The second-order valence-corrected chi connectivity index (χ2v) is 4.99. The Morgan fingerprint density at radius 2 is 1.80 bits per heavy atom. The summed E-state index contributed by atoms with van der Waals surface area (Å²) in [5.41, 5.74) is 2.09. The third kappa shape index (κ3) is 7.96. The molecule has 1 N–H and O–H groups in total. The quantitative estimate of drug-likeness (QED) is 0.586. The van der Waals surface area contributed by atoms with Gasteiger partial charge in [-0.15, -0.1) is 0 Å². The lowest BCUT2D eigenvalue weighted by atomic mass is 10.1. The van der Waals surface area contributed by atoms with Crippen LogP contribution in [0.25, 0.3) is 0 Å². The molecule has 0 aromatic heterocycles. The van der Waals surface area contributed by atoms with Crippen LogP contribution in [0.5, 0.6) is 0 Å². The lowest BCUT2D eigenvalue weighted by Gasteiger charge is -2.07. The molecule has 3 heteroatoms. The summed E-state index contributed by atoms with van der Waals surface area (Å²) in [6, 6.07) is 7.96. The minimum atomic E-state index is 0.109. The SMILES string of the molecule is CC(C)COCCOCc1ccc(C#CCCO)cc1. The third-order valence-electron chi connectivity index (χ3n) is 2.52. The van der Waals surface area contributed by atoms with Gasteiger partial charge in [-0.25, -0.2) is 0 Å². The molecule has 1 aromatic carbocycles. The fourth-order valence-corrected chi connectivity index (χ4v) is 1.53. The molecule has 1 rings (SSSR count). The highest BCUT2D eigenvalue weighted by atomic mass is 16.5. The van der Waals surface area contributed by atoms with Crippen LogP contribution in [0.15, 0.2) is 24.3 Å². The summed E-state index contributed by atoms with van der Waals surface area (Å²) in [5.74, 6) is 6.46. The van der Waals surface area contributed by atoms with Crippen molar-refractivity contribution < 1.29 is 14.6 Å². The molecule has 0 amide bonds. The number of benzene rings is 1. The van der Waals surface area contributed by atoms with Gasteiger partial charge in [0.15, 0.2) is 0 Å². The summed E-state index contributed by atoms with van der Waals surface area (Å²) < 4.78 is 11.0. The maximum absolute atomic E-state index is 8.65. The monoisotopic (exact) mass is 276 g/mol. The van der Waals surface area contributed by atoms with E-state index < -0.39 is 0 Å². The molecule has 0 unspecified atom stereocenters. The van der Waals surface area contributed by atoms with Gasteiger partial charge < -0.3 is 14.6 Å². The second kappa shape index (κ2) is 10.4.